The summed E-state index contributed by atoms with van der Waals surface area (Å²) in [5.41, 5.74) is -0.218. The molecule has 4 aromatic rings. The molecule has 2 heterocycles. The first kappa shape index (κ1) is 20.0. The maximum Gasteiger partial charge on any atom is 0.417 e. The molecule has 2 aromatic heterocycles. The molecule has 0 aliphatic carbocycles. The largest absolute Gasteiger partial charge is 0.507 e. The van der Waals surface area contributed by atoms with Crippen LogP contribution in [0.15, 0.2) is 48.7 Å². The second-order valence-corrected chi connectivity index (χ2v) is 7.07. The molecule has 9 heteroatoms. The maximum atomic E-state index is 13.3. The summed E-state index contributed by atoms with van der Waals surface area (Å²) in [6.45, 7) is 1.74. The molecular weight excluding hydrogens is 419 g/mol. The lowest BCUT2D eigenvalue weighted by atomic mass is 10.1. The number of anilines is 1. The Hall–Kier alpha value is -3.26. The van der Waals surface area contributed by atoms with E-state index in [0.717, 1.165) is 16.7 Å². The van der Waals surface area contributed by atoms with Crippen molar-refractivity contribution in [1.29, 1.82) is 0 Å². The third-order valence-corrected chi connectivity index (χ3v) is 5.05. The van der Waals surface area contributed by atoms with Crippen LogP contribution in [0.3, 0.4) is 0 Å². The molecule has 0 spiro atoms. The number of aromatic hydroxyl groups is 1. The highest BCUT2D eigenvalue weighted by molar-refractivity contribution is 6.33. The number of carbonyl (C=O) groups excluding carboxylic acids is 1. The summed E-state index contributed by atoms with van der Waals surface area (Å²) < 4.78 is 40.9. The van der Waals surface area contributed by atoms with Gasteiger partial charge >= 0.3 is 6.18 Å². The Kier molecular flexibility index (Phi) is 4.82. The summed E-state index contributed by atoms with van der Waals surface area (Å²) >= 11 is 6.03. The van der Waals surface area contributed by atoms with Crippen molar-refractivity contribution in [3.05, 3.63) is 70.6 Å². The molecule has 1 amide bonds. The van der Waals surface area contributed by atoms with E-state index in [1.54, 1.807) is 37.3 Å². The van der Waals surface area contributed by atoms with Gasteiger partial charge in [-0.05, 0) is 24.6 Å². The van der Waals surface area contributed by atoms with E-state index in [4.69, 9.17) is 11.6 Å². The van der Waals surface area contributed by atoms with Gasteiger partial charge < -0.3 is 10.4 Å². The van der Waals surface area contributed by atoms with Crippen LogP contribution in [0, 0.1) is 0 Å². The highest BCUT2D eigenvalue weighted by Gasteiger charge is 2.33. The monoisotopic (exact) mass is 433 g/mol. The Morgan fingerprint density at radius 1 is 1.20 bits per heavy atom. The van der Waals surface area contributed by atoms with E-state index in [1.165, 1.54) is 6.07 Å². The van der Waals surface area contributed by atoms with Gasteiger partial charge in [-0.2, -0.15) is 13.2 Å². The number of hydrogen-bond donors (Lipinski definition) is 2. The van der Waals surface area contributed by atoms with Crippen LogP contribution in [-0.4, -0.2) is 20.4 Å². The van der Waals surface area contributed by atoms with Gasteiger partial charge in [0, 0.05) is 22.7 Å². The van der Waals surface area contributed by atoms with Crippen LogP contribution in [0.1, 0.15) is 28.7 Å². The van der Waals surface area contributed by atoms with Crippen LogP contribution in [-0.2, 0) is 12.6 Å². The summed E-state index contributed by atoms with van der Waals surface area (Å²) in [5.74, 6) is -0.583. The molecule has 0 fully saturated rings. The van der Waals surface area contributed by atoms with Crippen molar-refractivity contribution in [2.75, 3.05) is 5.32 Å². The number of amides is 1. The Morgan fingerprint density at radius 3 is 2.60 bits per heavy atom. The minimum Gasteiger partial charge on any atom is -0.507 e. The fraction of sp³-hybridized carbons (Fsp3) is 0.143. The van der Waals surface area contributed by atoms with Crippen LogP contribution in [0.2, 0.25) is 5.02 Å². The predicted octanol–water partition coefficient (Wildman–Crippen LogP) is 5.68. The molecule has 154 valence electrons. The van der Waals surface area contributed by atoms with Crippen molar-refractivity contribution in [2.45, 2.75) is 19.5 Å². The number of rotatable bonds is 3. The van der Waals surface area contributed by atoms with E-state index < -0.39 is 17.6 Å². The topological polar surface area (TPSA) is 66.6 Å². The second-order valence-electron chi connectivity index (χ2n) is 6.66. The number of nitrogens with one attached hydrogen (secondary N) is 1. The van der Waals surface area contributed by atoms with Crippen LogP contribution in [0.25, 0.3) is 16.4 Å². The quantitative estimate of drug-likeness (QED) is 0.437. The summed E-state index contributed by atoms with van der Waals surface area (Å²) in [6.07, 6.45) is -3.50. The van der Waals surface area contributed by atoms with Gasteiger partial charge in [0.15, 0.2) is 5.65 Å². The summed E-state index contributed by atoms with van der Waals surface area (Å²) in [4.78, 5) is 17.4. The molecule has 2 N–H and O–H groups in total. The Bertz CT molecular complexity index is 1300. The molecule has 2 aromatic carbocycles. The molecule has 0 radical (unpaired) electrons. The van der Waals surface area contributed by atoms with Gasteiger partial charge in [0.25, 0.3) is 5.91 Å². The number of alkyl halides is 3. The summed E-state index contributed by atoms with van der Waals surface area (Å²) in [6, 6.07) is 10.7. The third-order valence-electron chi connectivity index (χ3n) is 4.77. The number of fused-ring (bicyclic) bond motifs is 2. The fourth-order valence-corrected chi connectivity index (χ4v) is 3.63. The standard InChI is InChI=1S/C21H15ClF3N3O2/c1-2-15-18(28-10-11(21(23,24)25)9-14(22)19(28)26-15)20(30)27-16-7-3-6-13-12(16)5-4-8-17(13)29/h3-10,29H,2H2,1H3,(H,27,30). The van der Waals surface area contributed by atoms with Gasteiger partial charge in [-0.3, -0.25) is 9.20 Å². The number of hydrogen-bond acceptors (Lipinski definition) is 3. The molecule has 0 unspecified atom stereocenters. The number of phenolic OH excluding ortho intramolecular Hbond substituents is 1. The molecule has 4 rings (SSSR count). The minimum atomic E-state index is -4.63. The number of nitrogens with zero attached hydrogens (tertiary/aromatic N) is 2. The average Bonchev–Trinajstić information content (AvgIpc) is 3.07. The van der Waals surface area contributed by atoms with Crippen molar-refractivity contribution in [1.82, 2.24) is 9.38 Å². The molecule has 0 aliphatic heterocycles. The summed E-state index contributed by atoms with van der Waals surface area (Å²) in [5, 5.41) is 13.7. The highest BCUT2D eigenvalue weighted by Crippen LogP contribution is 2.34. The van der Waals surface area contributed by atoms with E-state index in [1.807, 2.05) is 0 Å². The number of benzene rings is 2. The first-order valence-corrected chi connectivity index (χ1v) is 9.38. The molecule has 0 bridgehead atoms. The van der Waals surface area contributed by atoms with Crippen LogP contribution in [0.5, 0.6) is 5.75 Å². The van der Waals surface area contributed by atoms with Crippen LogP contribution < -0.4 is 5.32 Å². The third kappa shape index (κ3) is 3.33. The zero-order valence-corrected chi connectivity index (χ0v) is 16.3. The number of pyridine rings is 1. The first-order chi connectivity index (χ1) is 14.2. The number of aromatic nitrogens is 2. The molecular formula is C21H15ClF3N3O2. The maximum absolute atomic E-state index is 13.3. The van der Waals surface area contributed by atoms with E-state index in [2.05, 4.69) is 10.3 Å². The van der Waals surface area contributed by atoms with E-state index in [0.29, 0.717) is 28.6 Å². The Morgan fingerprint density at radius 2 is 1.90 bits per heavy atom. The van der Waals surface area contributed by atoms with Gasteiger partial charge in [0.05, 0.1) is 16.3 Å². The number of imidazole rings is 1. The van der Waals surface area contributed by atoms with Gasteiger partial charge in [0.1, 0.15) is 11.4 Å². The zero-order chi connectivity index (χ0) is 21.6. The van der Waals surface area contributed by atoms with E-state index in [9.17, 15) is 23.1 Å². The molecule has 0 atom stereocenters. The van der Waals surface area contributed by atoms with Crippen molar-refractivity contribution in [3.63, 3.8) is 0 Å². The smallest absolute Gasteiger partial charge is 0.417 e. The highest BCUT2D eigenvalue weighted by atomic mass is 35.5. The van der Waals surface area contributed by atoms with Crippen molar-refractivity contribution in [3.8, 4) is 5.75 Å². The second kappa shape index (κ2) is 7.21. The number of carbonyl (C=O) groups is 1. The van der Waals surface area contributed by atoms with Crippen LogP contribution in [0.4, 0.5) is 18.9 Å². The molecule has 0 saturated carbocycles. The zero-order valence-electron chi connectivity index (χ0n) is 15.6. The lowest BCUT2D eigenvalue weighted by Gasteiger charge is -2.12. The van der Waals surface area contributed by atoms with E-state index in [-0.39, 0.29) is 22.1 Å². The lowest BCUT2D eigenvalue weighted by Crippen LogP contribution is -2.17. The molecule has 0 aliphatic rings. The summed E-state index contributed by atoms with van der Waals surface area (Å²) in [7, 11) is 0. The van der Waals surface area contributed by atoms with Gasteiger partial charge in [-0.15, -0.1) is 0 Å². The first-order valence-electron chi connectivity index (χ1n) is 9.00. The Labute approximate surface area is 173 Å². The molecule has 0 saturated heterocycles. The predicted molar refractivity (Wildman–Crippen MR) is 108 cm³/mol. The lowest BCUT2D eigenvalue weighted by molar-refractivity contribution is -0.137. The average molecular weight is 434 g/mol. The molecule has 5 nitrogen and oxygen atoms in total. The molecule has 30 heavy (non-hydrogen) atoms. The minimum absolute atomic E-state index is 0.0299. The number of halogens is 4. The number of phenols is 1. The van der Waals surface area contributed by atoms with Gasteiger partial charge in [0.2, 0.25) is 0 Å². The van der Waals surface area contributed by atoms with Gasteiger partial charge in [-0.1, -0.05) is 42.8 Å². The SMILES string of the molecule is CCc1nc2c(Cl)cc(C(F)(F)F)cn2c1C(=O)Nc1cccc2c(O)cccc12. The Balaban J connectivity index is 1.86. The normalized spacial score (nSPS) is 11.9. The van der Waals surface area contributed by atoms with Crippen molar-refractivity contribution < 1.29 is 23.1 Å². The number of aryl methyl sites for hydroxylation is 1. The fourth-order valence-electron chi connectivity index (χ4n) is 3.38. The van der Waals surface area contributed by atoms with Crippen molar-refractivity contribution in [2.24, 2.45) is 0 Å². The van der Waals surface area contributed by atoms with Gasteiger partial charge in [-0.25, -0.2) is 4.98 Å². The van der Waals surface area contributed by atoms with Crippen molar-refractivity contribution >= 4 is 39.6 Å². The van der Waals surface area contributed by atoms with E-state index >= 15 is 0 Å². The van der Waals surface area contributed by atoms with Crippen LogP contribution >= 0.6 is 11.6 Å².